The van der Waals surface area contributed by atoms with E-state index in [9.17, 15) is 14.7 Å². The van der Waals surface area contributed by atoms with Crippen LogP contribution < -0.4 is 0 Å². The van der Waals surface area contributed by atoms with Gasteiger partial charge in [0.1, 0.15) is 18.1 Å². The second-order valence-corrected chi connectivity index (χ2v) is 10.1. The second-order valence-electron chi connectivity index (χ2n) is 9.70. The summed E-state index contributed by atoms with van der Waals surface area (Å²) in [6, 6.07) is 9.27. The zero-order chi connectivity index (χ0) is 24.5. The van der Waals surface area contributed by atoms with E-state index < -0.39 is 5.97 Å². The number of carboxylic acids is 1. The molecular formula is C25H30ClN5O4. The third kappa shape index (κ3) is 5.00. The third-order valence-corrected chi connectivity index (χ3v) is 7.58. The molecule has 2 aromatic rings. The Balaban J connectivity index is 1.26. The number of carbonyl (C=O) groups is 2. The normalized spacial score (nSPS) is 23.9. The highest BCUT2D eigenvalue weighted by Crippen LogP contribution is 2.38. The van der Waals surface area contributed by atoms with Gasteiger partial charge in [0.15, 0.2) is 0 Å². The molecule has 2 N–H and O–H groups in total. The van der Waals surface area contributed by atoms with Gasteiger partial charge in [-0.25, -0.2) is 4.79 Å². The van der Waals surface area contributed by atoms with E-state index in [0.29, 0.717) is 49.0 Å². The number of hydrogen-bond acceptors (Lipinski definition) is 5. The molecule has 1 aromatic carbocycles. The topological polar surface area (TPSA) is 112 Å². The Labute approximate surface area is 209 Å². The lowest BCUT2D eigenvalue weighted by Gasteiger charge is -2.49. The molecule has 1 amide bonds. The monoisotopic (exact) mass is 499 g/mol. The Hall–Kier alpha value is -3.07. The van der Waals surface area contributed by atoms with Gasteiger partial charge >= 0.3 is 12.1 Å². The van der Waals surface area contributed by atoms with Crippen LogP contribution in [0.15, 0.2) is 30.3 Å². The molecule has 0 radical (unpaired) electrons. The summed E-state index contributed by atoms with van der Waals surface area (Å²) >= 11 is 6.02. The van der Waals surface area contributed by atoms with E-state index in [1.54, 1.807) is 17.0 Å². The van der Waals surface area contributed by atoms with Crippen molar-refractivity contribution in [3.8, 4) is 0 Å². The first-order valence-electron chi connectivity index (χ1n) is 12.2. The van der Waals surface area contributed by atoms with Crippen LogP contribution in [0.5, 0.6) is 0 Å². The van der Waals surface area contributed by atoms with Crippen LogP contribution in [0.4, 0.5) is 4.79 Å². The highest BCUT2D eigenvalue weighted by molar-refractivity contribution is 6.30. The number of carbonyl (C=O) groups excluding carboxylic acids is 1. The van der Waals surface area contributed by atoms with Gasteiger partial charge in [-0.3, -0.25) is 14.9 Å². The van der Waals surface area contributed by atoms with E-state index in [4.69, 9.17) is 26.8 Å². The summed E-state index contributed by atoms with van der Waals surface area (Å²) in [5.41, 5.74) is 2.28. The van der Waals surface area contributed by atoms with E-state index >= 15 is 0 Å². The highest BCUT2D eigenvalue weighted by atomic mass is 35.5. The lowest BCUT2D eigenvalue weighted by Crippen LogP contribution is -2.55. The first-order valence-corrected chi connectivity index (χ1v) is 12.6. The van der Waals surface area contributed by atoms with E-state index in [1.807, 2.05) is 22.9 Å². The van der Waals surface area contributed by atoms with Gasteiger partial charge in [-0.2, -0.15) is 5.10 Å². The first-order chi connectivity index (χ1) is 16.9. The van der Waals surface area contributed by atoms with E-state index in [1.165, 1.54) is 0 Å². The van der Waals surface area contributed by atoms with Crippen molar-refractivity contribution < 1.29 is 19.4 Å². The molecule has 186 valence electrons. The van der Waals surface area contributed by atoms with E-state index in [2.05, 4.69) is 4.90 Å². The number of nitrogens with zero attached hydrogens (tertiary/aromatic N) is 4. The molecular weight excluding hydrogens is 470 g/mol. The average Bonchev–Trinajstić information content (AvgIpc) is 3.12. The largest absolute Gasteiger partial charge is 0.481 e. The van der Waals surface area contributed by atoms with E-state index in [0.717, 1.165) is 36.9 Å². The van der Waals surface area contributed by atoms with Gasteiger partial charge in [-0.1, -0.05) is 23.7 Å². The number of rotatable bonds is 4. The van der Waals surface area contributed by atoms with Crippen LogP contribution in [0.2, 0.25) is 5.02 Å². The molecule has 2 bridgehead atoms. The van der Waals surface area contributed by atoms with Crippen LogP contribution in [0.25, 0.3) is 0 Å². The molecule has 0 spiro atoms. The maximum Gasteiger partial charge on any atom is 0.410 e. The summed E-state index contributed by atoms with van der Waals surface area (Å²) in [4.78, 5) is 28.1. The standard InChI is InChI=1S/C25H30ClN5O4/c26-18-5-1-4-16(10-18)15-35-25(34)29-8-3-9-30-21(14-29)13-22(28-30)23(27)31-19-6-2-7-20(31)12-17(11-19)24(32)33/h1,4-5,10,13,17,19-20,27H,2-3,6-9,11-12,14-15H2,(H,32,33). The lowest BCUT2D eigenvalue weighted by molar-refractivity contribution is -0.145. The maximum absolute atomic E-state index is 12.8. The number of benzene rings is 1. The fourth-order valence-electron chi connectivity index (χ4n) is 5.68. The van der Waals surface area contributed by atoms with Crippen LogP contribution in [-0.4, -0.2) is 61.2 Å². The number of amides is 1. The Kier molecular flexibility index (Phi) is 6.69. The number of fused-ring (bicyclic) bond motifs is 3. The average molecular weight is 500 g/mol. The van der Waals surface area contributed by atoms with Crippen molar-refractivity contribution in [1.29, 1.82) is 5.41 Å². The highest BCUT2D eigenvalue weighted by Gasteiger charge is 2.42. The molecule has 2 saturated heterocycles. The predicted octanol–water partition coefficient (Wildman–Crippen LogP) is 4.12. The predicted molar refractivity (Wildman–Crippen MR) is 129 cm³/mol. The molecule has 35 heavy (non-hydrogen) atoms. The number of piperidine rings is 2. The van der Waals surface area contributed by atoms with Crippen molar-refractivity contribution in [3.05, 3.63) is 52.3 Å². The Morgan fingerprint density at radius 2 is 1.91 bits per heavy atom. The minimum atomic E-state index is -0.732. The minimum absolute atomic E-state index is 0.0653. The van der Waals surface area contributed by atoms with Crippen molar-refractivity contribution in [1.82, 2.24) is 19.6 Å². The molecule has 3 aliphatic heterocycles. The van der Waals surface area contributed by atoms with E-state index in [-0.39, 0.29) is 30.7 Å². The SMILES string of the molecule is N=C(c1cc2n(n1)CCCN(C(=O)OCc1cccc(Cl)c1)C2)N1C2CCCC1CC(C(=O)O)C2. The van der Waals surface area contributed by atoms with Gasteiger partial charge < -0.3 is 19.6 Å². The number of aromatic nitrogens is 2. The van der Waals surface area contributed by atoms with Crippen molar-refractivity contribution in [2.75, 3.05) is 6.54 Å². The summed E-state index contributed by atoms with van der Waals surface area (Å²) in [6.07, 6.45) is 4.38. The lowest BCUT2D eigenvalue weighted by atomic mass is 9.78. The number of aryl methyl sites for hydroxylation is 1. The Morgan fingerprint density at radius 3 is 2.63 bits per heavy atom. The van der Waals surface area contributed by atoms with Crippen LogP contribution in [-0.2, 0) is 29.2 Å². The Morgan fingerprint density at radius 1 is 1.14 bits per heavy atom. The molecule has 9 nitrogen and oxygen atoms in total. The molecule has 2 fully saturated rings. The smallest absolute Gasteiger partial charge is 0.410 e. The van der Waals surface area contributed by atoms with Crippen molar-refractivity contribution in [2.45, 2.75) is 70.3 Å². The molecule has 2 atom stereocenters. The van der Waals surface area contributed by atoms with Gasteiger partial charge in [0, 0.05) is 30.2 Å². The molecule has 3 aliphatic rings. The molecule has 4 heterocycles. The van der Waals surface area contributed by atoms with Crippen molar-refractivity contribution in [2.24, 2.45) is 5.92 Å². The molecule has 2 unspecified atom stereocenters. The van der Waals surface area contributed by atoms with Crippen molar-refractivity contribution >= 4 is 29.5 Å². The van der Waals surface area contributed by atoms with Crippen molar-refractivity contribution in [3.63, 3.8) is 0 Å². The van der Waals surface area contributed by atoms with Crippen LogP contribution in [0, 0.1) is 11.3 Å². The summed E-state index contributed by atoms with van der Waals surface area (Å²) < 4.78 is 7.41. The molecule has 1 aromatic heterocycles. The maximum atomic E-state index is 12.8. The fraction of sp³-hybridized carbons (Fsp3) is 0.520. The summed E-state index contributed by atoms with van der Waals surface area (Å²) in [7, 11) is 0. The summed E-state index contributed by atoms with van der Waals surface area (Å²) in [5, 5.41) is 23.8. The number of carboxylic acid groups (broad SMARTS) is 1. The zero-order valence-corrected chi connectivity index (χ0v) is 20.3. The third-order valence-electron chi connectivity index (χ3n) is 7.35. The Bertz CT molecular complexity index is 1120. The van der Waals surface area contributed by atoms with Gasteiger partial charge in [0.25, 0.3) is 0 Å². The minimum Gasteiger partial charge on any atom is -0.481 e. The van der Waals surface area contributed by atoms with Gasteiger partial charge in [0.05, 0.1) is 18.2 Å². The number of halogens is 1. The van der Waals surface area contributed by atoms with Crippen LogP contribution in [0.3, 0.4) is 0 Å². The molecule has 0 aliphatic carbocycles. The molecule has 5 rings (SSSR count). The van der Waals surface area contributed by atoms with Crippen LogP contribution in [0.1, 0.15) is 55.5 Å². The number of hydrogen-bond donors (Lipinski definition) is 2. The fourth-order valence-corrected chi connectivity index (χ4v) is 5.89. The van der Waals surface area contributed by atoms with Gasteiger partial charge in [-0.15, -0.1) is 0 Å². The number of nitrogens with one attached hydrogen (secondary N) is 1. The van der Waals surface area contributed by atoms with Gasteiger partial charge in [-0.05, 0) is 62.3 Å². The quantitative estimate of drug-likeness (QED) is 0.483. The summed E-state index contributed by atoms with van der Waals surface area (Å²) in [6.45, 7) is 1.74. The molecule has 10 heteroatoms. The second kappa shape index (κ2) is 9.89. The van der Waals surface area contributed by atoms with Gasteiger partial charge in [0.2, 0.25) is 0 Å². The van der Waals surface area contributed by atoms with Crippen LogP contribution >= 0.6 is 11.6 Å². The zero-order valence-electron chi connectivity index (χ0n) is 19.5. The summed E-state index contributed by atoms with van der Waals surface area (Å²) in [5.74, 6) is -0.706. The number of ether oxygens (including phenoxy) is 1. The number of amidine groups is 1. The number of aliphatic carboxylic acids is 1. The first kappa shape index (κ1) is 23.7. The molecule has 0 saturated carbocycles.